The smallest absolute Gasteiger partial charge is 0.210 e. The molecule has 0 unspecified atom stereocenters. The standard InChI is InChI=1S/C25H17F2NS/c26-23-14-15-24(28-25(23)27)29-21-13-7-8-18(16-21)17-22(19-9-3-1-4-10-19)20-11-5-2-6-12-20/h1-17H. The third kappa shape index (κ3) is 4.79. The Labute approximate surface area is 172 Å². The first-order chi connectivity index (χ1) is 14.2. The third-order valence-corrected chi connectivity index (χ3v) is 5.26. The summed E-state index contributed by atoms with van der Waals surface area (Å²) >= 11 is 1.30. The van der Waals surface area contributed by atoms with Crippen LogP contribution in [0.3, 0.4) is 0 Å². The summed E-state index contributed by atoms with van der Waals surface area (Å²) in [6.45, 7) is 0. The van der Waals surface area contributed by atoms with Gasteiger partial charge in [0.15, 0.2) is 5.82 Å². The lowest BCUT2D eigenvalue weighted by Gasteiger charge is -2.10. The Bertz CT molecular complexity index is 1100. The Hall–Kier alpha value is -3.24. The molecule has 0 bridgehead atoms. The molecule has 0 saturated carbocycles. The van der Waals surface area contributed by atoms with Gasteiger partial charge in [0.2, 0.25) is 5.95 Å². The van der Waals surface area contributed by atoms with Crippen molar-refractivity contribution < 1.29 is 8.78 Å². The average molecular weight is 401 g/mol. The second-order valence-electron chi connectivity index (χ2n) is 6.39. The van der Waals surface area contributed by atoms with Gasteiger partial charge in [0.25, 0.3) is 0 Å². The highest BCUT2D eigenvalue weighted by molar-refractivity contribution is 7.99. The predicted octanol–water partition coefficient (Wildman–Crippen LogP) is 7.10. The first kappa shape index (κ1) is 19.1. The minimum Gasteiger partial charge on any atom is -0.210 e. The molecule has 0 aliphatic carbocycles. The molecule has 0 radical (unpaired) electrons. The topological polar surface area (TPSA) is 12.9 Å². The zero-order chi connectivity index (χ0) is 20.1. The van der Waals surface area contributed by atoms with Crippen LogP contribution in [0.1, 0.15) is 16.7 Å². The fourth-order valence-corrected chi connectivity index (χ4v) is 3.83. The van der Waals surface area contributed by atoms with E-state index >= 15 is 0 Å². The summed E-state index contributed by atoms with van der Waals surface area (Å²) in [6.07, 6.45) is 2.13. The van der Waals surface area contributed by atoms with Crippen LogP contribution in [-0.2, 0) is 0 Å². The van der Waals surface area contributed by atoms with Crippen LogP contribution >= 0.6 is 11.8 Å². The molecule has 142 valence electrons. The molecule has 1 nitrogen and oxygen atoms in total. The van der Waals surface area contributed by atoms with E-state index in [0.29, 0.717) is 5.03 Å². The second-order valence-corrected chi connectivity index (χ2v) is 7.48. The lowest BCUT2D eigenvalue weighted by Crippen LogP contribution is -1.90. The fraction of sp³-hybridized carbons (Fsp3) is 0. The number of benzene rings is 3. The summed E-state index contributed by atoms with van der Waals surface area (Å²) in [4.78, 5) is 4.56. The number of rotatable bonds is 5. The van der Waals surface area contributed by atoms with Crippen LogP contribution in [0.25, 0.3) is 11.6 Å². The van der Waals surface area contributed by atoms with Crippen LogP contribution in [-0.4, -0.2) is 4.98 Å². The summed E-state index contributed by atoms with van der Waals surface area (Å²) in [5.74, 6) is -2.03. The molecule has 0 saturated heterocycles. The Morgan fingerprint density at radius 3 is 2.00 bits per heavy atom. The molecular formula is C25H17F2NS. The van der Waals surface area contributed by atoms with Crippen molar-refractivity contribution in [2.45, 2.75) is 9.92 Å². The molecule has 0 amide bonds. The lowest BCUT2D eigenvalue weighted by atomic mass is 9.96. The molecule has 0 aliphatic heterocycles. The average Bonchev–Trinajstić information content (AvgIpc) is 2.76. The third-order valence-electron chi connectivity index (χ3n) is 4.34. The minimum absolute atomic E-state index is 0.413. The van der Waals surface area contributed by atoms with Crippen LogP contribution < -0.4 is 0 Å². The van der Waals surface area contributed by atoms with Gasteiger partial charge in [-0.05, 0) is 52.6 Å². The molecule has 29 heavy (non-hydrogen) atoms. The van der Waals surface area contributed by atoms with Gasteiger partial charge < -0.3 is 0 Å². The van der Waals surface area contributed by atoms with Crippen molar-refractivity contribution in [1.29, 1.82) is 0 Å². The number of aromatic nitrogens is 1. The zero-order valence-electron chi connectivity index (χ0n) is 15.4. The van der Waals surface area contributed by atoms with Crippen molar-refractivity contribution in [3.63, 3.8) is 0 Å². The van der Waals surface area contributed by atoms with Gasteiger partial charge >= 0.3 is 0 Å². The Kier molecular flexibility index (Phi) is 5.82. The van der Waals surface area contributed by atoms with Crippen molar-refractivity contribution in [2.75, 3.05) is 0 Å². The van der Waals surface area contributed by atoms with Gasteiger partial charge in [0, 0.05) is 4.90 Å². The van der Waals surface area contributed by atoms with Crippen LogP contribution in [0.15, 0.2) is 107 Å². The summed E-state index contributed by atoms with van der Waals surface area (Å²) < 4.78 is 26.5. The monoisotopic (exact) mass is 401 g/mol. The molecule has 0 N–H and O–H groups in total. The van der Waals surface area contributed by atoms with Gasteiger partial charge in [0.1, 0.15) is 5.03 Å². The van der Waals surface area contributed by atoms with Crippen LogP contribution in [0.5, 0.6) is 0 Å². The van der Waals surface area contributed by atoms with E-state index in [1.807, 2.05) is 60.7 Å². The van der Waals surface area contributed by atoms with E-state index in [2.05, 4.69) is 35.3 Å². The summed E-state index contributed by atoms with van der Waals surface area (Å²) in [7, 11) is 0. The molecule has 1 heterocycles. The van der Waals surface area contributed by atoms with Gasteiger partial charge in [-0.1, -0.05) is 84.6 Å². The largest absolute Gasteiger partial charge is 0.249 e. The van der Waals surface area contributed by atoms with E-state index in [4.69, 9.17) is 0 Å². The van der Waals surface area contributed by atoms with Crippen LogP contribution in [0.2, 0.25) is 0 Å². The summed E-state index contributed by atoms with van der Waals surface area (Å²) in [6, 6.07) is 30.9. The maximum Gasteiger partial charge on any atom is 0.249 e. The van der Waals surface area contributed by atoms with E-state index in [9.17, 15) is 8.78 Å². The fourth-order valence-electron chi connectivity index (χ4n) is 2.98. The lowest BCUT2D eigenvalue weighted by molar-refractivity contribution is 0.471. The highest BCUT2D eigenvalue weighted by Crippen LogP contribution is 2.30. The van der Waals surface area contributed by atoms with Gasteiger partial charge in [-0.25, -0.2) is 9.37 Å². The minimum atomic E-state index is -1.08. The molecule has 1 aromatic heterocycles. The number of halogens is 2. The van der Waals surface area contributed by atoms with E-state index in [1.165, 1.54) is 17.8 Å². The predicted molar refractivity (Wildman–Crippen MR) is 115 cm³/mol. The zero-order valence-corrected chi connectivity index (χ0v) is 16.2. The number of nitrogens with zero attached hydrogens (tertiary/aromatic N) is 1. The summed E-state index contributed by atoms with van der Waals surface area (Å²) in [5.41, 5.74) is 4.37. The number of hydrogen-bond donors (Lipinski definition) is 0. The molecule has 0 atom stereocenters. The molecular weight excluding hydrogens is 384 g/mol. The molecule has 0 aliphatic rings. The number of hydrogen-bond acceptors (Lipinski definition) is 2. The molecule has 4 heteroatoms. The van der Waals surface area contributed by atoms with Gasteiger partial charge in [0.05, 0.1) is 0 Å². The SMILES string of the molecule is Fc1ccc(Sc2cccc(C=C(c3ccccc3)c3ccccc3)c2)nc1F. The normalized spacial score (nSPS) is 10.6. The quantitative estimate of drug-likeness (QED) is 0.261. The van der Waals surface area contributed by atoms with E-state index in [0.717, 1.165) is 33.2 Å². The maximum absolute atomic E-state index is 13.4. The maximum atomic E-state index is 13.4. The second kappa shape index (κ2) is 8.84. The van der Waals surface area contributed by atoms with Gasteiger partial charge in [-0.2, -0.15) is 4.39 Å². The Balaban J connectivity index is 1.70. The van der Waals surface area contributed by atoms with Crippen LogP contribution in [0.4, 0.5) is 8.78 Å². The number of pyridine rings is 1. The Morgan fingerprint density at radius 1 is 0.724 bits per heavy atom. The molecule has 0 spiro atoms. The van der Waals surface area contributed by atoms with Crippen molar-refractivity contribution in [2.24, 2.45) is 0 Å². The Morgan fingerprint density at radius 2 is 1.38 bits per heavy atom. The highest BCUT2D eigenvalue weighted by Gasteiger charge is 2.08. The first-order valence-corrected chi connectivity index (χ1v) is 9.93. The van der Waals surface area contributed by atoms with Crippen molar-refractivity contribution in [3.8, 4) is 0 Å². The molecule has 4 rings (SSSR count). The van der Waals surface area contributed by atoms with E-state index in [-0.39, 0.29) is 0 Å². The molecule has 0 fully saturated rings. The van der Waals surface area contributed by atoms with Gasteiger partial charge in [-0.15, -0.1) is 0 Å². The van der Waals surface area contributed by atoms with Crippen LogP contribution in [0, 0.1) is 11.8 Å². The van der Waals surface area contributed by atoms with Gasteiger partial charge in [-0.3, -0.25) is 0 Å². The first-order valence-electron chi connectivity index (χ1n) is 9.11. The summed E-state index contributed by atoms with van der Waals surface area (Å²) in [5, 5.41) is 0.413. The van der Waals surface area contributed by atoms with E-state index in [1.54, 1.807) is 0 Å². The highest BCUT2D eigenvalue weighted by atomic mass is 32.2. The van der Waals surface area contributed by atoms with Crippen molar-refractivity contribution in [1.82, 2.24) is 4.98 Å². The van der Waals surface area contributed by atoms with Crippen molar-refractivity contribution >= 4 is 23.4 Å². The molecule has 3 aromatic carbocycles. The molecule has 4 aromatic rings. The van der Waals surface area contributed by atoms with E-state index < -0.39 is 11.8 Å². The van der Waals surface area contributed by atoms with Crippen molar-refractivity contribution in [3.05, 3.63) is 126 Å².